The van der Waals surface area contributed by atoms with E-state index in [4.69, 9.17) is 0 Å². The lowest BCUT2D eigenvalue weighted by molar-refractivity contribution is -0.110. The zero-order valence-electron chi connectivity index (χ0n) is 10.9. The average molecular weight is 253 g/mol. The maximum absolute atomic E-state index is 12.0. The van der Waals surface area contributed by atoms with Crippen LogP contribution in [0.4, 0.5) is 0 Å². The van der Waals surface area contributed by atoms with Crippen LogP contribution in [0.3, 0.4) is 0 Å². The van der Waals surface area contributed by atoms with E-state index in [9.17, 15) is 9.90 Å². The molecule has 0 spiro atoms. The van der Waals surface area contributed by atoms with Crippen LogP contribution in [0.1, 0.15) is 12.5 Å². The van der Waals surface area contributed by atoms with Gasteiger partial charge in [0.25, 0.3) is 0 Å². The highest BCUT2D eigenvalue weighted by molar-refractivity contribution is 6.15. The second-order valence-electron chi connectivity index (χ2n) is 4.30. The predicted octanol–water partition coefficient (Wildman–Crippen LogP) is 2.10. The standard InChI is InChI=1S/C16H15NO2/c1-11-7-9-13(15(19)10-8-11)16(17-2)12-5-3-4-6-14(12)18/h3-7,9,11,17-18H,1-2H3. The van der Waals surface area contributed by atoms with Gasteiger partial charge < -0.3 is 10.4 Å². The highest BCUT2D eigenvalue weighted by Crippen LogP contribution is 2.26. The maximum atomic E-state index is 12.0. The molecular formula is C16H15NO2. The van der Waals surface area contributed by atoms with Crippen LogP contribution in [0.15, 0.2) is 42.0 Å². The SMILES string of the molecule is CNC(=C1C=CC(C)C#CC1=O)c1ccccc1O. The monoisotopic (exact) mass is 253 g/mol. The molecule has 0 fully saturated rings. The Labute approximate surface area is 112 Å². The van der Waals surface area contributed by atoms with E-state index in [1.54, 1.807) is 31.3 Å². The molecule has 0 bridgehead atoms. The van der Waals surface area contributed by atoms with Gasteiger partial charge in [-0.05, 0) is 25.0 Å². The number of carbonyl (C=O) groups excluding carboxylic acids is 1. The topological polar surface area (TPSA) is 49.3 Å². The maximum Gasteiger partial charge on any atom is 0.237 e. The summed E-state index contributed by atoms with van der Waals surface area (Å²) in [6, 6.07) is 6.90. The van der Waals surface area contributed by atoms with Crippen LogP contribution < -0.4 is 5.32 Å². The van der Waals surface area contributed by atoms with Crippen LogP contribution in [0.2, 0.25) is 0 Å². The molecular weight excluding hydrogens is 238 g/mol. The minimum Gasteiger partial charge on any atom is -0.507 e. The third kappa shape index (κ3) is 2.69. The van der Waals surface area contributed by atoms with Crippen molar-refractivity contribution in [1.82, 2.24) is 5.32 Å². The number of ketones is 1. The zero-order valence-corrected chi connectivity index (χ0v) is 10.9. The van der Waals surface area contributed by atoms with Crippen LogP contribution in [0, 0.1) is 17.8 Å². The summed E-state index contributed by atoms with van der Waals surface area (Å²) in [6.07, 6.45) is 3.63. The van der Waals surface area contributed by atoms with E-state index in [-0.39, 0.29) is 17.5 Å². The summed E-state index contributed by atoms with van der Waals surface area (Å²) in [5.41, 5.74) is 1.65. The van der Waals surface area contributed by atoms with Crippen molar-refractivity contribution in [3.05, 3.63) is 47.6 Å². The molecule has 19 heavy (non-hydrogen) atoms. The lowest BCUT2D eigenvalue weighted by Gasteiger charge is -2.11. The van der Waals surface area contributed by atoms with Crippen molar-refractivity contribution in [3.63, 3.8) is 0 Å². The molecule has 1 aliphatic rings. The van der Waals surface area contributed by atoms with Crippen LogP contribution in [0.5, 0.6) is 5.75 Å². The number of phenols is 1. The smallest absolute Gasteiger partial charge is 0.237 e. The van der Waals surface area contributed by atoms with Crippen LogP contribution >= 0.6 is 0 Å². The lowest BCUT2D eigenvalue weighted by atomic mass is 10.0. The van der Waals surface area contributed by atoms with Gasteiger partial charge in [0.2, 0.25) is 5.78 Å². The summed E-state index contributed by atoms with van der Waals surface area (Å²) in [5, 5.41) is 12.9. The Balaban J connectivity index is 2.61. The van der Waals surface area contributed by atoms with Crippen molar-refractivity contribution in [2.75, 3.05) is 7.05 Å². The summed E-state index contributed by atoms with van der Waals surface area (Å²) in [5.74, 6) is 5.41. The van der Waals surface area contributed by atoms with E-state index in [1.165, 1.54) is 0 Å². The number of aromatic hydroxyl groups is 1. The molecule has 0 aromatic heterocycles. The van der Waals surface area contributed by atoms with Gasteiger partial charge >= 0.3 is 0 Å². The molecule has 3 nitrogen and oxygen atoms in total. The van der Waals surface area contributed by atoms with Crippen LogP contribution in [0.25, 0.3) is 5.70 Å². The first-order valence-electron chi connectivity index (χ1n) is 6.08. The summed E-state index contributed by atoms with van der Waals surface area (Å²) >= 11 is 0. The van der Waals surface area contributed by atoms with E-state index >= 15 is 0 Å². The second kappa shape index (κ2) is 5.45. The van der Waals surface area contributed by atoms with Crippen molar-refractivity contribution in [1.29, 1.82) is 0 Å². The number of allylic oxidation sites excluding steroid dienone is 3. The largest absolute Gasteiger partial charge is 0.507 e. The Morgan fingerprint density at radius 3 is 2.79 bits per heavy atom. The molecule has 2 N–H and O–H groups in total. The van der Waals surface area contributed by atoms with E-state index in [0.717, 1.165) is 0 Å². The molecule has 1 unspecified atom stereocenters. The van der Waals surface area contributed by atoms with Crippen molar-refractivity contribution < 1.29 is 9.90 Å². The van der Waals surface area contributed by atoms with Crippen LogP contribution in [-0.2, 0) is 4.79 Å². The van der Waals surface area contributed by atoms with Gasteiger partial charge in [0, 0.05) is 18.5 Å². The van der Waals surface area contributed by atoms with Gasteiger partial charge in [-0.15, -0.1) is 0 Å². The molecule has 0 radical (unpaired) electrons. The molecule has 0 saturated heterocycles. The Bertz CT molecular complexity index is 630. The molecule has 1 aromatic carbocycles. The minimum absolute atomic E-state index is 0.0453. The molecule has 1 aromatic rings. The number of Topliss-reactive ketones (excluding diaryl/α,β-unsaturated/α-hetero) is 1. The fourth-order valence-corrected chi connectivity index (χ4v) is 1.91. The number of carbonyl (C=O) groups is 1. The third-order valence-corrected chi connectivity index (χ3v) is 2.90. The first-order valence-corrected chi connectivity index (χ1v) is 6.08. The van der Waals surface area contributed by atoms with Gasteiger partial charge in [-0.25, -0.2) is 0 Å². The Hall–Kier alpha value is -2.47. The van der Waals surface area contributed by atoms with E-state index in [0.29, 0.717) is 16.8 Å². The van der Waals surface area contributed by atoms with Crippen molar-refractivity contribution in [2.45, 2.75) is 6.92 Å². The Kier molecular flexibility index (Phi) is 3.72. The minimum atomic E-state index is -0.242. The second-order valence-corrected chi connectivity index (χ2v) is 4.30. The molecule has 1 atom stereocenters. The number of hydrogen-bond donors (Lipinski definition) is 2. The van der Waals surface area contributed by atoms with Gasteiger partial charge in [0.15, 0.2) is 0 Å². The molecule has 2 rings (SSSR count). The Morgan fingerprint density at radius 2 is 2.11 bits per heavy atom. The molecule has 0 heterocycles. The van der Waals surface area contributed by atoms with Gasteiger partial charge in [0.1, 0.15) is 5.75 Å². The first-order chi connectivity index (χ1) is 9.13. The fraction of sp³-hybridized carbons (Fsp3) is 0.188. The molecule has 1 aliphatic carbocycles. The quantitative estimate of drug-likeness (QED) is 0.482. The Morgan fingerprint density at radius 1 is 1.37 bits per heavy atom. The molecule has 3 heteroatoms. The molecule has 0 saturated carbocycles. The first kappa shape index (κ1) is 13.0. The van der Waals surface area contributed by atoms with Crippen molar-refractivity contribution in [3.8, 4) is 17.6 Å². The number of benzene rings is 1. The fourth-order valence-electron chi connectivity index (χ4n) is 1.91. The third-order valence-electron chi connectivity index (χ3n) is 2.90. The van der Waals surface area contributed by atoms with Gasteiger partial charge in [-0.3, -0.25) is 4.79 Å². The van der Waals surface area contributed by atoms with Gasteiger partial charge in [-0.1, -0.05) is 30.2 Å². The normalized spacial score (nSPS) is 20.3. The highest BCUT2D eigenvalue weighted by Gasteiger charge is 2.16. The lowest BCUT2D eigenvalue weighted by Crippen LogP contribution is -2.12. The van der Waals surface area contributed by atoms with Crippen LogP contribution in [-0.4, -0.2) is 17.9 Å². The number of phenolic OH excluding ortho intramolecular Hbond substituents is 1. The predicted molar refractivity (Wildman–Crippen MR) is 75.2 cm³/mol. The van der Waals surface area contributed by atoms with Gasteiger partial charge in [0.05, 0.1) is 11.3 Å². The van der Waals surface area contributed by atoms with Gasteiger partial charge in [-0.2, -0.15) is 0 Å². The molecule has 0 amide bonds. The van der Waals surface area contributed by atoms with Crippen molar-refractivity contribution >= 4 is 11.5 Å². The van der Waals surface area contributed by atoms with E-state index in [2.05, 4.69) is 17.2 Å². The number of hydrogen-bond acceptors (Lipinski definition) is 3. The molecule has 96 valence electrons. The van der Waals surface area contributed by atoms with E-state index in [1.807, 2.05) is 19.1 Å². The zero-order chi connectivity index (χ0) is 13.8. The number of para-hydroxylation sites is 1. The van der Waals surface area contributed by atoms with Crippen molar-refractivity contribution in [2.24, 2.45) is 5.92 Å². The number of nitrogens with one attached hydrogen (secondary N) is 1. The highest BCUT2D eigenvalue weighted by atomic mass is 16.3. The molecule has 0 aliphatic heterocycles. The summed E-state index contributed by atoms with van der Waals surface area (Å²) in [6.45, 7) is 1.93. The summed E-state index contributed by atoms with van der Waals surface area (Å²) in [4.78, 5) is 12.0. The number of rotatable bonds is 2. The average Bonchev–Trinajstić information content (AvgIpc) is 2.57. The summed E-state index contributed by atoms with van der Waals surface area (Å²) in [7, 11) is 1.72. The van der Waals surface area contributed by atoms with E-state index < -0.39 is 0 Å². The summed E-state index contributed by atoms with van der Waals surface area (Å²) < 4.78 is 0.